The second-order valence-electron chi connectivity index (χ2n) is 3.92. The van der Waals surface area contributed by atoms with E-state index in [1.807, 2.05) is 0 Å². The Balaban J connectivity index is 1.73. The third kappa shape index (κ3) is 2.73. The maximum Gasteiger partial charge on any atom is 0.358 e. The molecule has 3 aromatic rings. The van der Waals surface area contributed by atoms with Crippen LogP contribution in [-0.2, 0) is 6.61 Å². The highest BCUT2D eigenvalue weighted by atomic mass is 16.5. The maximum absolute atomic E-state index is 11.0. The Labute approximate surface area is 118 Å². The molecule has 21 heavy (non-hydrogen) atoms. The molecule has 8 nitrogen and oxygen atoms in total. The average Bonchev–Trinajstić information content (AvgIpc) is 3.16. The van der Waals surface area contributed by atoms with Crippen molar-refractivity contribution in [3.63, 3.8) is 0 Å². The van der Waals surface area contributed by atoms with Crippen LogP contribution in [-0.4, -0.2) is 26.3 Å². The Morgan fingerprint density at radius 3 is 2.95 bits per heavy atom. The van der Waals surface area contributed by atoms with Crippen molar-refractivity contribution in [2.24, 2.45) is 0 Å². The molecule has 8 heteroatoms. The van der Waals surface area contributed by atoms with Crippen LogP contribution in [0.1, 0.15) is 16.4 Å². The third-order valence-corrected chi connectivity index (χ3v) is 2.52. The van der Waals surface area contributed by atoms with Gasteiger partial charge in [0.05, 0.1) is 6.26 Å². The number of hydrogen-bond acceptors (Lipinski definition) is 7. The number of rotatable bonds is 5. The molecule has 1 N–H and O–H groups in total. The van der Waals surface area contributed by atoms with Gasteiger partial charge in [0, 0.05) is 6.20 Å². The summed E-state index contributed by atoms with van der Waals surface area (Å²) in [6.45, 7) is -0.0698. The Hall–Kier alpha value is -3.16. The van der Waals surface area contributed by atoms with Crippen LogP contribution in [0.4, 0.5) is 0 Å². The number of furan rings is 1. The highest BCUT2D eigenvalue weighted by molar-refractivity contribution is 5.88. The van der Waals surface area contributed by atoms with Crippen LogP contribution in [0.15, 0.2) is 45.6 Å². The highest BCUT2D eigenvalue weighted by Crippen LogP contribution is 2.20. The van der Waals surface area contributed by atoms with Gasteiger partial charge in [0.1, 0.15) is 0 Å². The molecule has 0 aromatic carbocycles. The van der Waals surface area contributed by atoms with Gasteiger partial charge in [0.15, 0.2) is 23.8 Å². The molecule has 0 saturated carbocycles. The molecule has 0 aliphatic heterocycles. The van der Waals surface area contributed by atoms with Crippen molar-refractivity contribution < 1.29 is 23.5 Å². The first kappa shape index (κ1) is 12.9. The van der Waals surface area contributed by atoms with E-state index < -0.39 is 5.97 Å². The van der Waals surface area contributed by atoms with Gasteiger partial charge in [-0.3, -0.25) is 0 Å². The molecule has 3 rings (SSSR count). The van der Waals surface area contributed by atoms with Gasteiger partial charge in [-0.25, -0.2) is 9.78 Å². The summed E-state index contributed by atoms with van der Waals surface area (Å²) in [4.78, 5) is 14.7. The maximum atomic E-state index is 11.0. The predicted molar refractivity (Wildman–Crippen MR) is 67.5 cm³/mol. The fraction of sp³-hybridized carbons (Fsp3) is 0.0769. The van der Waals surface area contributed by atoms with Gasteiger partial charge >= 0.3 is 5.97 Å². The van der Waals surface area contributed by atoms with Crippen molar-refractivity contribution in [2.45, 2.75) is 6.61 Å². The first-order valence-corrected chi connectivity index (χ1v) is 5.91. The van der Waals surface area contributed by atoms with Crippen LogP contribution in [0.5, 0.6) is 5.75 Å². The molecule has 0 spiro atoms. The molecule has 0 unspecified atom stereocenters. The van der Waals surface area contributed by atoms with Crippen LogP contribution in [0.3, 0.4) is 0 Å². The number of hydrogen-bond donors (Lipinski definition) is 1. The highest BCUT2D eigenvalue weighted by Gasteiger charge is 2.15. The molecular weight excluding hydrogens is 278 g/mol. The van der Waals surface area contributed by atoms with E-state index in [0.717, 1.165) is 0 Å². The van der Waals surface area contributed by atoms with Crippen molar-refractivity contribution in [3.05, 3.63) is 48.3 Å². The van der Waals surface area contributed by atoms with Crippen molar-refractivity contribution in [1.82, 2.24) is 15.2 Å². The topological polar surface area (TPSA) is 111 Å². The largest absolute Gasteiger partial charge is 0.481 e. The summed E-state index contributed by atoms with van der Waals surface area (Å²) in [5, 5.41) is 16.6. The van der Waals surface area contributed by atoms with Gasteiger partial charge in [-0.15, -0.1) is 10.2 Å². The number of carboxylic acids is 1. The number of carboxylic acid groups (broad SMARTS) is 1. The van der Waals surface area contributed by atoms with Crippen LogP contribution < -0.4 is 4.74 Å². The van der Waals surface area contributed by atoms with E-state index >= 15 is 0 Å². The zero-order valence-electron chi connectivity index (χ0n) is 10.6. The molecule has 0 saturated heterocycles. The Bertz CT molecular complexity index is 751. The SMILES string of the molecule is O=C(O)c1ncccc1OCc1nnc(-c2ccco2)o1. The van der Waals surface area contributed by atoms with Gasteiger partial charge in [-0.2, -0.15) is 0 Å². The molecule has 0 aliphatic rings. The minimum absolute atomic E-state index is 0.0698. The lowest BCUT2D eigenvalue weighted by Gasteiger charge is -2.05. The summed E-state index contributed by atoms with van der Waals surface area (Å²) >= 11 is 0. The molecule has 3 heterocycles. The molecule has 0 amide bonds. The summed E-state index contributed by atoms with van der Waals surface area (Å²) < 4.78 is 15.8. The summed E-state index contributed by atoms with van der Waals surface area (Å²) in [6, 6.07) is 6.45. The zero-order valence-corrected chi connectivity index (χ0v) is 10.6. The monoisotopic (exact) mass is 287 g/mol. The van der Waals surface area contributed by atoms with Gasteiger partial charge in [-0.05, 0) is 24.3 Å². The first-order chi connectivity index (χ1) is 10.2. The number of nitrogens with zero attached hydrogens (tertiary/aromatic N) is 3. The van der Waals surface area contributed by atoms with E-state index in [9.17, 15) is 4.79 Å². The smallest absolute Gasteiger partial charge is 0.358 e. The normalized spacial score (nSPS) is 10.5. The Morgan fingerprint density at radius 1 is 1.29 bits per heavy atom. The number of aromatic carboxylic acids is 1. The number of pyridine rings is 1. The van der Waals surface area contributed by atoms with Crippen molar-refractivity contribution >= 4 is 5.97 Å². The molecule has 106 valence electrons. The number of carbonyl (C=O) groups is 1. The minimum Gasteiger partial charge on any atom is -0.481 e. The predicted octanol–water partition coefficient (Wildman–Crippen LogP) is 2.00. The molecule has 0 bridgehead atoms. The van der Waals surface area contributed by atoms with Crippen LogP contribution in [0.25, 0.3) is 11.7 Å². The second-order valence-corrected chi connectivity index (χ2v) is 3.92. The molecule has 0 fully saturated rings. The second kappa shape index (κ2) is 5.45. The zero-order chi connectivity index (χ0) is 14.7. The molecular formula is C13H9N3O5. The summed E-state index contributed by atoms with van der Waals surface area (Å²) in [5.41, 5.74) is -0.178. The van der Waals surface area contributed by atoms with E-state index in [1.54, 1.807) is 18.2 Å². The van der Waals surface area contributed by atoms with E-state index in [1.165, 1.54) is 18.5 Å². The molecule has 3 aromatic heterocycles. The average molecular weight is 287 g/mol. The van der Waals surface area contributed by atoms with Gasteiger partial charge < -0.3 is 18.7 Å². The third-order valence-electron chi connectivity index (χ3n) is 2.52. The fourth-order valence-electron chi connectivity index (χ4n) is 1.62. The van der Waals surface area contributed by atoms with Gasteiger partial charge in [0.25, 0.3) is 11.8 Å². The van der Waals surface area contributed by atoms with E-state index in [-0.39, 0.29) is 29.8 Å². The van der Waals surface area contributed by atoms with Crippen molar-refractivity contribution in [3.8, 4) is 17.4 Å². The standard InChI is InChI=1S/C13H9N3O5/c17-13(18)11-8(3-1-5-14-11)20-7-10-15-16-12(21-10)9-4-2-6-19-9/h1-6H,7H2,(H,17,18). The van der Waals surface area contributed by atoms with Gasteiger partial charge in [0.2, 0.25) is 0 Å². The molecule has 0 radical (unpaired) electrons. The summed E-state index contributed by atoms with van der Waals surface area (Å²) in [7, 11) is 0. The van der Waals surface area contributed by atoms with Crippen molar-refractivity contribution in [2.75, 3.05) is 0 Å². The lowest BCUT2D eigenvalue weighted by molar-refractivity contribution is 0.0684. The lowest BCUT2D eigenvalue weighted by atomic mass is 10.3. The first-order valence-electron chi connectivity index (χ1n) is 5.91. The Kier molecular flexibility index (Phi) is 3.34. The minimum atomic E-state index is -1.17. The van der Waals surface area contributed by atoms with E-state index in [4.69, 9.17) is 18.7 Å². The summed E-state index contributed by atoms with van der Waals surface area (Å²) in [5.74, 6) is -0.179. The van der Waals surface area contributed by atoms with Crippen molar-refractivity contribution in [1.29, 1.82) is 0 Å². The summed E-state index contributed by atoms with van der Waals surface area (Å²) in [6.07, 6.45) is 2.86. The molecule has 0 atom stereocenters. The Morgan fingerprint density at radius 2 is 2.19 bits per heavy atom. The van der Waals surface area contributed by atoms with E-state index in [2.05, 4.69) is 15.2 Å². The van der Waals surface area contributed by atoms with Crippen LogP contribution in [0, 0.1) is 0 Å². The quantitative estimate of drug-likeness (QED) is 0.758. The number of ether oxygens (including phenoxy) is 1. The molecule has 0 aliphatic carbocycles. The van der Waals surface area contributed by atoms with Crippen LogP contribution in [0.2, 0.25) is 0 Å². The van der Waals surface area contributed by atoms with E-state index in [0.29, 0.717) is 5.76 Å². The van der Waals surface area contributed by atoms with Gasteiger partial charge in [-0.1, -0.05) is 0 Å². The number of aromatic nitrogens is 3. The van der Waals surface area contributed by atoms with Crippen LogP contribution >= 0.6 is 0 Å². The fourth-order valence-corrected chi connectivity index (χ4v) is 1.62. The lowest BCUT2D eigenvalue weighted by Crippen LogP contribution is -2.05.